The molecule has 0 aliphatic heterocycles. The monoisotopic (exact) mass is 601 g/mol. The first-order valence-corrected chi connectivity index (χ1v) is 13.6. The highest BCUT2D eigenvalue weighted by atomic mass is 35.5. The Bertz CT molecular complexity index is 1700. The van der Waals surface area contributed by atoms with Gasteiger partial charge in [-0.2, -0.15) is 0 Å². The van der Waals surface area contributed by atoms with Crippen molar-refractivity contribution < 1.29 is 14.0 Å². The third-order valence-corrected chi connectivity index (χ3v) is 6.63. The fraction of sp³-hybridized carbons (Fsp3) is 0.161. The van der Waals surface area contributed by atoms with Gasteiger partial charge in [-0.05, 0) is 40.9 Å². The molecule has 222 valence electrons. The summed E-state index contributed by atoms with van der Waals surface area (Å²) < 4.78 is 5.90. The zero-order valence-corrected chi connectivity index (χ0v) is 24.4. The molecule has 12 heteroatoms. The molecule has 0 saturated carbocycles. The number of nitrogens with zero attached hydrogens (tertiary/aromatic N) is 1. The van der Waals surface area contributed by atoms with E-state index in [0.717, 1.165) is 11.1 Å². The summed E-state index contributed by atoms with van der Waals surface area (Å²) in [5, 5.41) is 14.5. The van der Waals surface area contributed by atoms with Gasteiger partial charge in [0, 0.05) is 49.6 Å². The minimum absolute atomic E-state index is 0.0182. The molecule has 0 spiro atoms. The van der Waals surface area contributed by atoms with E-state index in [9.17, 15) is 14.4 Å². The van der Waals surface area contributed by atoms with Gasteiger partial charge in [-0.15, -0.1) is 0 Å². The van der Waals surface area contributed by atoms with Crippen LogP contribution in [0.25, 0.3) is 11.3 Å². The highest BCUT2D eigenvalue weighted by Crippen LogP contribution is 2.31. The van der Waals surface area contributed by atoms with Crippen molar-refractivity contribution in [2.75, 3.05) is 25.3 Å². The smallest absolute Gasteiger partial charge is 0.251 e. The molecule has 0 fully saturated rings. The van der Waals surface area contributed by atoms with Gasteiger partial charge in [-0.3, -0.25) is 19.8 Å². The summed E-state index contributed by atoms with van der Waals surface area (Å²) in [5.74, 6) is -0.873. The summed E-state index contributed by atoms with van der Waals surface area (Å²) in [6.07, 6.45) is -0.340. The molecule has 0 saturated heterocycles. The van der Waals surface area contributed by atoms with Crippen molar-refractivity contribution in [2.45, 2.75) is 19.5 Å². The number of carbonyl (C=O) groups excluding carboxylic acids is 2. The Morgan fingerprint density at radius 1 is 0.930 bits per heavy atom. The van der Waals surface area contributed by atoms with Crippen LogP contribution in [0.1, 0.15) is 32.6 Å². The van der Waals surface area contributed by atoms with Crippen LogP contribution < -0.4 is 33.0 Å². The van der Waals surface area contributed by atoms with Crippen LogP contribution in [0.2, 0.25) is 5.22 Å². The van der Waals surface area contributed by atoms with E-state index in [-0.39, 0.29) is 58.2 Å². The number of nitrogens with two attached hydrogens (primary N) is 2. The molecule has 0 unspecified atom stereocenters. The number of rotatable bonds is 11. The maximum absolute atomic E-state index is 13.6. The van der Waals surface area contributed by atoms with Crippen molar-refractivity contribution in [2.24, 2.45) is 5.73 Å². The number of amidine groups is 1. The molecule has 0 aliphatic rings. The molecule has 0 atom stereocenters. The lowest BCUT2D eigenvalue weighted by Gasteiger charge is -2.17. The largest absolute Gasteiger partial charge is 0.442 e. The number of nitrogens with one attached hydrogen (secondary N) is 4. The molecule has 43 heavy (non-hydrogen) atoms. The van der Waals surface area contributed by atoms with Gasteiger partial charge in [0.15, 0.2) is 5.69 Å². The Labute approximate surface area is 253 Å². The molecular formula is C31H32ClN7O4. The third kappa shape index (κ3) is 8.00. The number of amides is 2. The summed E-state index contributed by atoms with van der Waals surface area (Å²) in [4.78, 5) is 39.7. The van der Waals surface area contributed by atoms with Gasteiger partial charge >= 0.3 is 0 Å². The van der Waals surface area contributed by atoms with Crippen molar-refractivity contribution in [3.63, 3.8) is 0 Å². The van der Waals surface area contributed by atoms with Crippen LogP contribution in [0, 0.1) is 5.41 Å². The van der Waals surface area contributed by atoms with Crippen LogP contribution in [-0.4, -0.2) is 36.8 Å². The second-order valence-electron chi connectivity index (χ2n) is 9.97. The SMILES string of the molecule is CN(C)Nc1c(Cl)oc(-c2cc(N)cc(C(=O)NCc3ccccc3)c2)c(CC(=O)NCc2ccc(C(=N)N)cc2)c1=O. The minimum Gasteiger partial charge on any atom is -0.442 e. The average molecular weight is 602 g/mol. The number of hydrazine groups is 1. The molecule has 4 rings (SSSR count). The molecule has 1 aromatic heterocycles. The van der Waals surface area contributed by atoms with E-state index in [2.05, 4.69) is 16.1 Å². The second kappa shape index (κ2) is 13.7. The quantitative estimate of drug-likeness (QED) is 0.0654. The summed E-state index contributed by atoms with van der Waals surface area (Å²) in [6.45, 7) is 0.483. The van der Waals surface area contributed by atoms with Gasteiger partial charge in [-0.1, -0.05) is 54.6 Å². The lowest BCUT2D eigenvalue weighted by atomic mass is 10.0. The van der Waals surface area contributed by atoms with Gasteiger partial charge in [0.2, 0.25) is 16.6 Å². The Kier molecular flexibility index (Phi) is 9.81. The van der Waals surface area contributed by atoms with Gasteiger partial charge in [0.05, 0.1) is 12.0 Å². The first-order valence-electron chi connectivity index (χ1n) is 13.2. The molecule has 2 amide bonds. The Morgan fingerprint density at radius 3 is 2.23 bits per heavy atom. The number of carbonyl (C=O) groups is 2. The average Bonchev–Trinajstić information content (AvgIpc) is 2.98. The van der Waals surface area contributed by atoms with E-state index in [1.165, 1.54) is 17.1 Å². The van der Waals surface area contributed by atoms with E-state index in [1.54, 1.807) is 44.4 Å². The van der Waals surface area contributed by atoms with Crippen LogP contribution >= 0.6 is 11.6 Å². The highest BCUT2D eigenvalue weighted by molar-refractivity contribution is 6.31. The standard InChI is InChI=1S/C31H32ClN7O4/c1-39(2)38-26-27(41)24(15-25(40)36-16-19-8-10-20(11-9-19)30(34)35)28(43-29(26)32)21-12-22(14-23(33)13-21)31(42)37-17-18-6-4-3-5-7-18/h3-14,38H,15-17,33H2,1-2H3,(H3,34,35)(H,36,40)(H,37,42). The van der Waals surface area contributed by atoms with Crippen LogP contribution in [0.4, 0.5) is 11.4 Å². The van der Waals surface area contributed by atoms with E-state index in [1.807, 2.05) is 30.3 Å². The van der Waals surface area contributed by atoms with E-state index >= 15 is 0 Å². The fourth-order valence-electron chi connectivity index (χ4n) is 4.28. The molecule has 4 aromatic rings. The van der Waals surface area contributed by atoms with Crippen LogP contribution in [0.15, 0.2) is 82.0 Å². The summed E-state index contributed by atoms with van der Waals surface area (Å²) >= 11 is 6.38. The zero-order valence-electron chi connectivity index (χ0n) is 23.7. The molecule has 11 nitrogen and oxygen atoms in total. The van der Waals surface area contributed by atoms with Crippen molar-refractivity contribution in [3.8, 4) is 11.3 Å². The molecule has 3 aromatic carbocycles. The topological polar surface area (TPSA) is 180 Å². The van der Waals surface area contributed by atoms with E-state index in [0.29, 0.717) is 17.7 Å². The molecule has 0 bridgehead atoms. The van der Waals surface area contributed by atoms with Gasteiger partial charge in [-0.25, -0.2) is 5.01 Å². The van der Waals surface area contributed by atoms with Crippen LogP contribution in [0.5, 0.6) is 0 Å². The van der Waals surface area contributed by atoms with E-state index in [4.69, 9.17) is 32.9 Å². The number of halogens is 1. The maximum Gasteiger partial charge on any atom is 0.251 e. The van der Waals surface area contributed by atoms with Gasteiger partial charge in [0.25, 0.3) is 5.91 Å². The van der Waals surface area contributed by atoms with Crippen molar-refractivity contribution in [3.05, 3.63) is 116 Å². The summed E-state index contributed by atoms with van der Waals surface area (Å²) in [5.41, 5.74) is 17.0. The Morgan fingerprint density at radius 2 is 1.58 bits per heavy atom. The first-order chi connectivity index (χ1) is 20.5. The molecule has 0 aliphatic carbocycles. The number of hydrogen-bond donors (Lipinski definition) is 6. The summed E-state index contributed by atoms with van der Waals surface area (Å²) in [6, 6.07) is 20.9. The normalized spacial score (nSPS) is 10.8. The first kappa shape index (κ1) is 30.8. The lowest BCUT2D eigenvalue weighted by molar-refractivity contribution is -0.120. The van der Waals surface area contributed by atoms with Crippen LogP contribution in [0.3, 0.4) is 0 Å². The predicted molar refractivity (Wildman–Crippen MR) is 168 cm³/mol. The molecular weight excluding hydrogens is 570 g/mol. The van der Waals surface area contributed by atoms with Crippen molar-refractivity contribution in [1.29, 1.82) is 5.41 Å². The molecule has 1 heterocycles. The summed E-state index contributed by atoms with van der Waals surface area (Å²) in [7, 11) is 3.34. The van der Waals surface area contributed by atoms with E-state index < -0.39 is 11.3 Å². The number of anilines is 2. The highest BCUT2D eigenvalue weighted by Gasteiger charge is 2.23. The Hall–Kier alpha value is -5.13. The number of nitrogen functional groups attached to an aromatic ring is 2. The predicted octanol–water partition coefficient (Wildman–Crippen LogP) is 3.50. The number of benzene rings is 3. The van der Waals surface area contributed by atoms with Gasteiger partial charge in [0.1, 0.15) is 11.6 Å². The molecule has 0 radical (unpaired) electrons. The maximum atomic E-state index is 13.6. The number of hydrogen-bond acceptors (Lipinski definition) is 8. The van der Waals surface area contributed by atoms with Crippen molar-refractivity contribution >= 4 is 40.6 Å². The van der Waals surface area contributed by atoms with Gasteiger partial charge < -0.3 is 31.9 Å². The Balaban J connectivity index is 1.64. The fourth-order valence-corrected chi connectivity index (χ4v) is 4.48. The van der Waals surface area contributed by atoms with Crippen LogP contribution in [-0.2, 0) is 24.3 Å². The molecule has 8 N–H and O–H groups in total. The third-order valence-electron chi connectivity index (χ3n) is 6.37. The second-order valence-corrected chi connectivity index (χ2v) is 10.3. The van der Waals surface area contributed by atoms with Crippen molar-refractivity contribution in [1.82, 2.24) is 15.6 Å². The minimum atomic E-state index is -0.543. The lowest BCUT2D eigenvalue weighted by Crippen LogP contribution is -2.30. The zero-order chi connectivity index (χ0) is 31.1.